The number of carbonyl (C=O) groups is 2. The maximum Gasteiger partial charge on any atom is 0.319 e. The van der Waals surface area contributed by atoms with E-state index < -0.39 is 0 Å². The number of urea groups is 1. The van der Waals surface area contributed by atoms with Crippen LogP contribution in [-0.4, -0.2) is 11.8 Å². The van der Waals surface area contributed by atoms with Crippen molar-refractivity contribution in [2.75, 3.05) is 5.32 Å². The summed E-state index contributed by atoms with van der Waals surface area (Å²) < 4.78 is 0. The van der Waals surface area contributed by atoms with Gasteiger partial charge >= 0.3 is 6.03 Å². The average Bonchev–Trinajstić information content (AvgIpc) is 3.24. The summed E-state index contributed by atoms with van der Waals surface area (Å²) in [7, 11) is 0. The van der Waals surface area contributed by atoms with Gasteiger partial charge in [0.2, 0.25) is 5.78 Å². The third-order valence-electron chi connectivity index (χ3n) is 3.14. The number of ketones is 1. The lowest BCUT2D eigenvalue weighted by molar-refractivity contribution is 0.104. The summed E-state index contributed by atoms with van der Waals surface area (Å²) in [5.41, 5.74) is 0.625. The Kier molecular flexibility index (Phi) is 5.30. The van der Waals surface area contributed by atoms with Crippen molar-refractivity contribution in [3.05, 3.63) is 73.6 Å². The molecular weight excluding hydrogens is 364 g/mol. The average molecular weight is 377 g/mol. The molecule has 7 heteroatoms. The van der Waals surface area contributed by atoms with E-state index in [2.05, 4.69) is 10.6 Å². The van der Waals surface area contributed by atoms with Gasteiger partial charge in [-0.1, -0.05) is 23.7 Å². The molecule has 0 bridgehead atoms. The van der Waals surface area contributed by atoms with Crippen molar-refractivity contribution < 1.29 is 9.59 Å². The minimum absolute atomic E-state index is 0.0182. The van der Waals surface area contributed by atoms with Crippen molar-refractivity contribution in [3.63, 3.8) is 0 Å². The van der Waals surface area contributed by atoms with Gasteiger partial charge in [-0.2, -0.15) is 0 Å². The molecule has 122 valence electrons. The number of amides is 2. The first-order valence-electron chi connectivity index (χ1n) is 7.09. The van der Waals surface area contributed by atoms with Gasteiger partial charge in [-0.3, -0.25) is 4.79 Å². The summed E-state index contributed by atoms with van der Waals surface area (Å²) in [6.07, 6.45) is 0. The molecule has 0 aliphatic carbocycles. The second-order valence-electron chi connectivity index (χ2n) is 4.89. The van der Waals surface area contributed by atoms with Gasteiger partial charge in [0.15, 0.2) is 0 Å². The molecule has 0 spiro atoms. The molecule has 4 nitrogen and oxygen atoms in total. The van der Waals surface area contributed by atoms with Gasteiger partial charge in [0.1, 0.15) is 0 Å². The number of hydrogen-bond acceptors (Lipinski definition) is 4. The largest absolute Gasteiger partial charge is 0.333 e. The Balaban J connectivity index is 1.55. The number of benzene rings is 1. The van der Waals surface area contributed by atoms with E-state index in [4.69, 9.17) is 11.6 Å². The van der Waals surface area contributed by atoms with E-state index in [9.17, 15) is 9.59 Å². The molecule has 0 atom stereocenters. The molecule has 0 saturated carbocycles. The van der Waals surface area contributed by atoms with Crippen LogP contribution in [-0.2, 0) is 6.54 Å². The number of anilines is 1. The van der Waals surface area contributed by atoms with Gasteiger partial charge < -0.3 is 10.6 Å². The van der Waals surface area contributed by atoms with Gasteiger partial charge in [-0.05, 0) is 41.8 Å². The van der Waals surface area contributed by atoms with Crippen LogP contribution in [0.1, 0.15) is 19.4 Å². The second kappa shape index (κ2) is 7.61. The molecule has 0 saturated heterocycles. The fourth-order valence-electron chi connectivity index (χ4n) is 2.03. The molecule has 0 aliphatic rings. The maximum absolute atomic E-state index is 12.2. The number of nitrogens with one attached hydrogen (secondary N) is 2. The zero-order valence-corrected chi connectivity index (χ0v) is 14.8. The van der Waals surface area contributed by atoms with Gasteiger partial charge in [-0.25, -0.2) is 4.79 Å². The van der Waals surface area contributed by atoms with Crippen LogP contribution in [0.5, 0.6) is 0 Å². The number of halogens is 1. The van der Waals surface area contributed by atoms with Crippen LogP contribution in [0.25, 0.3) is 0 Å². The lowest BCUT2D eigenvalue weighted by Gasteiger charge is -2.06. The normalized spacial score (nSPS) is 10.4. The van der Waals surface area contributed by atoms with Crippen LogP contribution in [0.4, 0.5) is 10.5 Å². The first-order valence-corrected chi connectivity index (χ1v) is 9.16. The first-order chi connectivity index (χ1) is 11.6. The molecule has 2 N–H and O–H groups in total. The Hall–Kier alpha value is -2.15. The van der Waals surface area contributed by atoms with Gasteiger partial charge in [-0.15, -0.1) is 22.7 Å². The van der Waals surface area contributed by atoms with E-state index in [1.165, 1.54) is 22.7 Å². The summed E-state index contributed by atoms with van der Waals surface area (Å²) in [4.78, 5) is 26.4. The predicted octanol–water partition coefficient (Wildman–Crippen LogP) is 5.02. The Bertz CT molecular complexity index is 859. The molecule has 24 heavy (non-hydrogen) atoms. The highest BCUT2D eigenvalue weighted by atomic mass is 35.5. The van der Waals surface area contributed by atoms with E-state index in [0.717, 1.165) is 9.75 Å². The van der Waals surface area contributed by atoms with Crippen molar-refractivity contribution in [2.24, 2.45) is 0 Å². The Morgan fingerprint density at radius 1 is 1.04 bits per heavy atom. The van der Waals surface area contributed by atoms with Crippen molar-refractivity contribution in [3.8, 4) is 0 Å². The highest BCUT2D eigenvalue weighted by Crippen LogP contribution is 2.22. The fraction of sp³-hybridized carbons (Fsp3) is 0.0588. The van der Waals surface area contributed by atoms with Crippen molar-refractivity contribution in [1.29, 1.82) is 0 Å². The standard InChI is InChI=1S/C17H13ClN2O2S2/c18-11-3-1-4-12(9-11)20-17(22)19-10-13-6-7-15(24-13)16(21)14-5-2-8-23-14/h1-9H,10H2,(H2,19,20,22). The summed E-state index contributed by atoms with van der Waals surface area (Å²) >= 11 is 8.68. The maximum atomic E-state index is 12.2. The molecule has 2 heterocycles. The lowest BCUT2D eigenvalue weighted by Crippen LogP contribution is -2.27. The number of hydrogen-bond donors (Lipinski definition) is 2. The van der Waals surface area contributed by atoms with E-state index in [0.29, 0.717) is 22.1 Å². The van der Waals surface area contributed by atoms with Crippen molar-refractivity contribution >= 4 is 51.8 Å². The Labute approximate surface area is 152 Å². The van der Waals surface area contributed by atoms with E-state index >= 15 is 0 Å². The predicted molar refractivity (Wildman–Crippen MR) is 99.4 cm³/mol. The van der Waals surface area contributed by atoms with Crippen LogP contribution in [0.2, 0.25) is 5.02 Å². The van der Waals surface area contributed by atoms with E-state index in [1.807, 2.05) is 23.6 Å². The van der Waals surface area contributed by atoms with Crippen molar-refractivity contribution in [2.45, 2.75) is 6.54 Å². The minimum Gasteiger partial charge on any atom is -0.333 e. The Morgan fingerprint density at radius 3 is 2.67 bits per heavy atom. The third-order valence-corrected chi connectivity index (χ3v) is 5.32. The Morgan fingerprint density at radius 2 is 1.92 bits per heavy atom. The van der Waals surface area contributed by atoms with Gasteiger partial charge in [0, 0.05) is 15.6 Å². The first kappa shape index (κ1) is 16.7. The van der Waals surface area contributed by atoms with Gasteiger partial charge in [0.25, 0.3) is 0 Å². The molecule has 2 aromatic heterocycles. The lowest BCUT2D eigenvalue weighted by atomic mass is 10.3. The second-order valence-corrected chi connectivity index (χ2v) is 7.44. The monoisotopic (exact) mass is 376 g/mol. The molecule has 0 aliphatic heterocycles. The quantitative estimate of drug-likeness (QED) is 0.614. The van der Waals surface area contributed by atoms with Crippen LogP contribution >= 0.6 is 34.3 Å². The number of rotatable bonds is 5. The van der Waals surface area contributed by atoms with E-state index in [-0.39, 0.29) is 11.8 Å². The highest BCUT2D eigenvalue weighted by molar-refractivity contribution is 7.16. The molecule has 0 unspecified atom stereocenters. The number of thiophene rings is 2. The van der Waals surface area contributed by atoms with Crippen LogP contribution in [0.15, 0.2) is 53.9 Å². The zero-order valence-electron chi connectivity index (χ0n) is 12.4. The summed E-state index contributed by atoms with van der Waals surface area (Å²) in [5, 5.41) is 7.91. The molecule has 0 radical (unpaired) electrons. The summed E-state index contributed by atoms with van der Waals surface area (Å²) in [5.74, 6) is 0.0182. The van der Waals surface area contributed by atoms with E-state index in [1.54, 1.807) is 30.3 Å². The number of carbonyl (C=O) groups excluding carboxylic acids is 2. The highest BCUT2D eigenvalue weighted by Gasteiger charge is 2.13. The molecule has 3 rings (SSSR count). The molecule has 1 aromatic carbocycles. The van der Waals surface area contributed by atoms with Crippen LogP contribution in [0.3, 0.4) is 0 Å². The molecule has 2 amide bonds. The fourth-order valence-corrected chi connectivity index (χ4v) is 3.87. The van der Waals surface area contributed by atoms with Gasteiger partial charge in [0.05, 0.1) is 16.3 Å². The SMILES string of the molecule is O=C(NCc1ccc(C(=O)c2cccs2)s1)Nc1cccc(Cl)c1. The third kappa shape index (κ3) is 4.23. The molecule has 3 aromatic rings. The molecule has 0 fully saturated rings. The smallest absolute Gasteiger partial charge is 0.319 e. The zero-order chi connectivity index (χ0) is 16.9. The van der Waals surface area contributed by atoms with Crippen molar-refractivity contribution in [1.82, 2.24) is 5.32 Å². The summed E-state index contributed by atoms with van der Waals surface area (Å²) in [6, 6.07) is 13.9. The van der Waals surface area contributed by atoms with Crippen LogP contribution in [0, 0.1) is 0 Å². The summed E-state index contributed by atoms with van der Waals surface area (Å²) in [6.45, 7) is 0.356. The topological polar surface area (TPSA) is 58.2 Å². The molecular formula is C17H13ClN2O2S2. The minimum atomic E-state index is -0.322. The van der Waals surface area contributed by atoms with Crippen LogP contribution < -0.4 is 10.6 Å².